The number of furan rings is 1. The minimum Gasteiger partial charge on any atom is -0.464 e. The van der Waals surface area contributed by atoms with Gasteiger partial charge in [0, 0.05) is 55.4 Å². The van der Waals surface area contributed by atoms with E-state index < -0.39 is 47.0 Å². The van der Waals surface area contributed by atoms with E-state index in [-0.39, 0.29) is 17.9 Å². The van der Waals surface area contributed by atoms with E-state index in [1.165, 1.54) is 6.92 Å². The molecule has 2 N–H and O–H groups in total. The second-order valence-electron chi connectivity index (χ2n) is 11.5. The molecule has 1 atom stereocenters. The van der Waals surface area contributed by atoms with E-state index in [9.17, 15) is 27.2 Å². The summed E-state index contributed by atoms with van der Waals surface area (Å²) in [6.45, 7) is 3.26. The van der Waals surface area contributed by atoms with Crippen LogP contribution in [0.4, 0.5) is 23.2 Å². The van der Waals surface area contributed by atoms with Crippen molar-refractivity contribution in [2.45, 2.75) is 38.8 Å². The number of hydrogen-bond acceptors (Lipinski definition) is 6. The Kier molecular flexibility index (Phi) is 8.58. The number of halogens is 4. The zero-order valence-corrected chi connectivity index (χ0v) is 25.1. The van der Waals surface area contributed by atoms with E-state index in [1.807, 2.05) is 29.2 Å². The highest BCUT2D eigenvalue weighted by atomic mass is 19.4. The first-order valence-electron chi connectivity index (χ1n) is 14.9. The van der Waals surface area contributed by atoms with Crippen LogP contribution in [0.2, 0.25) is 0 Å². The molecule has 3 heterocycles. The quantitative estimate of drug-likeness (QED) is 0.233. The molecule has 5 aromatic rings. The molecule has 1 aliphatic rings. The van der Waals surface area contributed by atoms with Crippen molar-refractivity contribution in [2.75, 3.05) is 31.1 Å². The molecule has 3 aromatic carbocycles. The summed E-state index contributed by atoms with van der Waals surface area (Å²) in [5.41, 5.74) is 6.03. The Morgan fingerprint density at radius 1 is 0.870 bits per heavy atom. The van der Waals surface area contributed by atoms with Gasteiger partial charge in [-0.25, -0.2) is 9.18 Å². The van der Waals surface area contributed by atoms with Gasteiger partial charge in [0.05, 0.1) is 24.9 Å². The van der Waals surface area contributed by atoms with Crippen molar-refractivity contribution in [2.24, 2.45) is 5.73 Å². The zero-order chi connectivity index (χ0) is 32.6. The molecular formula is C34H33F4N5O3. The predicted molar refractivity (Wildman–Crippen MR) is 167 cm³/mol. The minimum atomic E-state index is -4.85. The molecule has 6 rings (SSSR count). The Morgan fingerprint density at radius 3 is 2.30 bits per heavy atom. The standard InChI is InChI=1S/C34H33F4N5O3/c1-22-31(41-16-14-40(15-17-41)19-24-9-5-12-30-25(24)13-18-46-30)32(44)43(21-29(39)23-7-3-2-4-8-23)33(45)42(22)20-26-27(34(36,37)38)10-6-11-28(26)35/h2-13,18,29H,14-17,19-21,39H2,1H3. The molecule has 1 saturated heterocycles. The molecule has 0 amide bonds. The highest BCUT2D eigenvalue weighted by Crippen LogP contribution is 2.34. The van der Waals surface area contributed by atoms with Crippen LogP contribution in [0.25, 0.3) is 11.0 Å². The van der Waals surface area contributed by atoms with Gasteiger partial charge in [-0.3, -0.25) is 18.8 Å². The van der Waals surface area contributed by atoms with Crippen molar-refractivity contribution in [3.63, 3.8) is 0 Å². The van der Waals surface area contributed by atoms with E-state index in [0.717, 1.165) is 43.9 Å². The number of nitrogens with zero attached hydrogens (tertiary/aromatic N) is 4. The van der Waals surface area contributed by atoms with E-state index >= 15 is 0 Å². The topological polar surface area (TPSA) is 89.6 Å². The number of alkyl halides is 3. The number of piperazine rings is 1. The normalized spacial score (nSPS) is 15.0. The molecule has 0 saturated carbocycles. The third kappa shape index (κ3) is 6.10. The van der Waals surface area contributed by atoms with E-state index in [0.29, 0.717) is 38.3 Å². The first-order valence-corrected chi connectivity index (χ1v) is 14.9. The summed E-state index contributed by atoms with van der Waals surface area (Å²) < 4.78 is 64.3. The lowest BCUT2D eigenvalue weighted by Crippen LogP contribution is -2.51. The van der Waals surface area contributed by atoms with Gasteiger partial charge in [0.25, 0.3) is 5.56 Å². The second-order valence-corrected chi connectivity index (χ2v) is 11.5. The number of aromatic nitrogens is 2. The van der Waals surface area contributed by atoms with Crippen LogP contribution in [0, 0.1) is 12.7 Å². The van der Waals surface area contributed by atoms with Gasteiger partial charge in [-0.2, -0.15) is 13.2 Å². The number of nitrogens with two attached hydrogens (primary N) is 1. The monoisotopic (exact) mass is 635 g/mol. The molecule has 1 unspecified atom stereocenters. The van der Waals surface area contributed by atoms with Gasteiger partial charge in [0.2, 0.25) is 0 Å². The summed E-state index contributed by atoms with van der Waals surface area (Å²) in [6, 6.07) is 18.6. The van der Waals surface area contributed by atoms with Crippen LogP contribution in [0.3, 0.4) is 0 Å². The number of fused-ring (bicyclic) bond motifs is 1. The van der Waals surface area contributed by atoms with Gasteiger partial charge in [-0.15, -0.1) is 0 Å². The fourth-order valence-corrected chi connectivity index (χ4v) is 6.21. The summed E-state index contributed by atoms with van der Waals surface area (Å²) >= 11 is 0. The fraction of sp³-hybridized carbons (Fsp3) is 0.294. The Morgan fingerprint density at radius 2 is 1.59 bits per heavy atom. The van der Waals surface area contributed by atoms with Crippen LogP contribution >= 0.6 is 0 Å². The van der Waals surface area contributed by atoms with Crippen molar-refractivity contribution in [3.05, 3.63) is 134 Å². The fourth-order valence-electron chi connectivity index (χ4n) is 6.21. The van der Waals surface area contributed by atoms with Crippen molar-refractivity contribution in [1.82, 2.24) is 14.0 Å². The molecule has 2 aromatic heterocycles. The molecule has 0 bridgehead atoms. The number of hydrogen-bond donors (Lipinski definition) is 1. The summed E-state index contributed by atoms with van der Waals surface area (Å²) in [4.78, 5) is 32.0. The van der Waals surface area contributed by atoms with E-state index in [2.05, 4.69) is 4.90 Å². The first-order chi connectivity index (χ1) is 22.0. The molecule has 46 heavy (non-hydrogen) atoms. The highest BCUT2D eigenvalue weighted by Gasteiger charge is 2.35. The maximum atomic E-state index is 15.0. The number of benzene rings is 3. The van der Waals surface area contributed by atoms with Gasteiger partial charge < -0.3 is 15.1 Å². The Hall–Kier alpha value is -4.68. The smallest absolute Gasteiger partial charge is 0.416 e. The van der Waals surface area contributed by atoms with Crippen LogP contribution in [-0.2, 0) is 25.8 Å². The SMILES string of the molecule is Cc1c(N2CCN(Cc3cccc4occc34)CC2)c(=O)n(CC(N)c2ccccc2)c(=O)n1Cc1c(F)cccc1C(F)(F)F. The van der Waals surface area contributed by atoms with Crippen molar-refractivity contribution in [3.8, 4) is 0 Å². The molecule has 240 valence electrons. The summed E-state index contributed by atoms with van der Waals surface area (Å²) in [5.74, 6) is -1.09. The molecule has 12 heteroatoms. The molecule has 1 fully saturated rings. The maximum absolute atomic E-state index is 15.0. The lowest BCUT2D eigenvalue weighted by atomic mass is 10.1. The van der Waals surface area contributed by atoms with Gasteiger partial charge in [-0.05, 0) is 42.3 Å². The second kappa shape index (κ2) is 12.6. The molecule has 1 aliphatic heterocycles. The molecule has 0 spiro atoms. The molecule has 0 radical (unpaired) electrons. The van der Waals surface area contributed by atoms with Gasteiger partial charge in [0.15, 0.2) is 0 Å². The van der Waals surface area contributed by atoms with Crippen LogP contribution in [0.1, 0.15) is 34.0 Å². The van der Waals surface area contributed by atoms with Crippen LogP contribution in [-0.4, -0.2) is 40.2 Å². The lowest BCUT2D eigenvalue weighted by molar-refractivity contribution is -0.138. The van der Waals surface area contributed by atoms with E-state index in [4.69, 9.17) is 10.2 Å². The average Bonchev–Trinajstić information content (AvgIpc) is 3.53. The Labute approximate surface area is 261 Å². The largest absolute Gasteiger partial charge is 0.464 e. The molecule has 8 nitrogen and oxygen atoms in total. The maximum Gasteiger partial charge on any atom is 0.416 e. The van der Waals surface area contributed by atoms with Gasteiger partial charge in [0.1, 0.15) is 17.1 Å². The van der Waals surface area contributed by atoms with Crippen molar-refractivity contribution >= 4 is 16.7 Å². The number of anilines is 1. The highest BCUT2D eigenvalue weighted by molar-refractivity contribution is 5.80. The summed E-state index contributed by atoms with van der Waals surface area (Å²) in [7, 11) is 0. The van der Waals surface area contributed by atoms with Gasteiger partial charge >= 0.3 is 11.9 Å². The Balaban J connectivity index is 1.36. The third-order valence-electron chi connectivity index (χ3n) is 8.67. The lowest BCUT2D eigenvalue weighted by Gasteiger charge is -2.37. The Bertz CT molecular complexity index is 1980. The predicted octanol–water partition coefficient (Wildman–Crippen LogP) is 5.29. The third-order valence-corrected chi connectivity index (χ3v) is 8.67. The van der Waals surface area contributed by atoms with E-state index in [1.54, 1.807) is 36.6 Å². The average molecular weight is 636 g/mol. The minimum absolute atomic E-state index is 0.160. The molecular weight excluding hydrogens is 602 g/mol. The molecule has 0 aliphatic carbocycles. The summed E-state index contributed by atoms with van der Waals surface area (Å²) in [6.07, 6.45) is -3.20. The van der Waals surface area contributed by atoms with Crippen molar-refractivity contribution in [1.29, 1.82) is 0 Å². The van der Waals surface area contributed by atoms with Crippen LogP contribution in [0.5, 0.6) is 0 Å². The zero-order valence-electron chi connectivity index (χ0n) is 25.1. The van der Waals surface area contributed by atoms with Gasteiger partial charge in [-0.1, -0.05) is 48.5 Å². The summed E-state index contributed by atoms with van der Waals surface area (Å²) in [5, 5.41) is 1.02. The van der Waals surface area contributed by atoms with Crippen LogP contribution < -0.4 is 21.9 Å². The first kappa shape index (κ1) is 31.3. The van der Waals surface area contributed by atoms with Crippen molar-refractivity contribution < 1.29 is 22.0 Å². The number of rotatable bonds is 8. The van der Waals surface area contributed by atoms with Crippen LogP contribution in [0.15, 0.2) is 93.1 Å².